The van der Waals surface area contributed by atoms with Gasteiger partial charge >= 0.3 is 0 Å². The van der Waals surface area contributed by atoms with E-state index < -0.39 is 0 Å². The van der Waals surface area contributed by atoms with Crippen LogP contribution in [-0.4, -0.2) is 43.3 Å². The normalized spacial score (nSPS) is 14.0. The minimum Gasteiger partial charge on any atom is -0.497 e. The van der Waals surface area contributed by atoms with E-state index in [9.17, 15) is 4.39 Å². The van der Waals surface area contributed by atoms with E-state index in [1.165, 1.54) is 12.1 Å². The summed E-state index contributed by atoms with van der Waals surface area (Å²) in [5, 5.41) is 3.34. The molecule has 29 heavy (non-hydrogen) atoms. The van der Waals surface area contributed by atoms with Crippen molar-refractivity contribution in [2.24, 2.45) is 0 Å². The topological polar surface area (TPSA) is 53.5 Å². The van der Waals surface area contributed by atoms with Crippen molar-refractivity contribution >= 4 is 23.0 Å². The van der Waals surface area contributed by atoms with Crippen molar-refractivity contribution in [1.29, 1.82) is 0 Å². The lowest BCUT2D eigenvalue weighted by Crippen LogP contribution is -2.46. The van der Waals surface area contributed by atoms with Gasteiger partial charge in [0.05, 0.1) is 7.11 Å². The number of hydrogen-bond acceptors (Lipinski definition) is 6. The van der Waals surface area contributed by atoms with Gasteiger partial charge in [-0.2, -0.15) is 0 Å². The Bertz CT molecular complexity index is 971. The van der Waals surface area contributed by atoms with E-state index >= 15 is 0 Å². The van der Waals surface area contributed by atoms with Crippen LogP contribution in [0, 0.1) is 12.7 Å². The number of piperazine rings is 1. The number of benzene rings is 2. The molecular formula is C22H24FN5O. The van der Waals surface area contributed by atoms with Gasteiger partial charge in [0, 0.05) is 49.7 Å². The van der Waals surface area contributed by atoms with Gasteiger partial charge in [-0.25, -0.2) is 14.4 Å². The Morgan fingerprint density at radius 2 is 1.66 bits per heavy atom. The van der Waals surface area contributed by atoms with E-state index in [4.69, 9.17) is 4.74 Å². The maximum atomic E-state index is 13.2. The molecule has 0 amide bonds. The van der Waals surface area contributed by atoms with Gasteiger partial charge in [-0.05, 0) is 43.3 Å². The predicted molar refractivity (Wildman–Crippen MR) is 114 cm³/mol. The lowest BCUT2D eigenvalue weighted by molar-refractivity contribution is 0.415. The van der Waals surface area contributed by atoms with Gasteiger partial charge in [-0.1, -0.05) is 6.07 Å². The molecular weight excluding hydrogens is 369 g/mol. The number of aryl methyl sites for hydroxylation is 1. The number of methoxy groups -OCH3 is 1. The highest BCUT2D eigenvalue weighted by molar-refractivity contribution is 5.61. The second-order valence-electron chi connectivity index (χ2n) is 6.97. The van der Waals surface area contributed by atoms with Crippen LogP contribution in [0.1, 0.15) is 5.82 Å². The minimum atomic E-state index is -0.208. The monoisotopic (exact) mass is 393 g/mol. The Morgan fingerprint density at radius 1 is 0.931 bits per heavy atom. The molecule has 3 aromatic rings. The van der Waals surface area contributed by atoms with E-state index in [-0.39, 0.29) is 5.82 Å². The third kappa shape index (κ3) is 4.56. The van der Waals surface area contributed by atoms with Gasteiger partial charge < -0.3 is 19.9 Å². The van der Waals surface area contributed by atoms with E-state index in [0.717, 1.165) is 54.9 Å². The quantitative estimate of drug-likeness (QED) is 0.707. The summed E-state index contributed by atoms with van der Waals surface area (Å²) < 4.78 is 18.4. The van der Waals surface area contributed by atoms with Crippen molar-refractivity contribution in [3.63, 3.8) is 0 Å². The Labute approximate surface area is 170 Å². The second kappa shape index (κ2) is 8.34. The number of rotatable bonds is 5. The van der Waals surface area contributed by atoms with E-state index in [2.05, 4.69) is 25.1 Å². The van der Waals surface area contributed by atoms with Gasteiger partial charge in [0.1, 0.15) is 29.0 Å². The summed E-state index contributed by atoms with van der Waals surface area (Å²) in [6.45, 7) is 5.29. The molecule has 0 unspecified atom stereocenters. The third-order valence-electron chi connectivity index (χ3n) is 4.96. The van der Waals surface area contributed by atoms with Crippen molar-refractivity contribution in [1.82, 2.24) is 9.97 Å². The second-order valence-corrected chi connectivity index (χ2v) is 6.97. The third-order valence-corrected chi connectivity index (χ3v) is 4.96. The summed E-state index contributed by atoms with van der Waals surface area (Å²) in [6, 6.07) is 16.4. The van der Waals surface area contributed by atoms with Crippen LogP contribution in [0.4, 0.5) is 27.4 Å². The van der Waals surface area contributed by atoms with Crippen LogP contribution < -0.4 is 19.9 Å². The first kappa shape index (κ1) is 19.0. The van der Waals surface area contributed by atoms with Crippen LogP contribution in [0.15, 0.2) is 54.6 Å². The zero-order valence-electron chi connectivity index (χ0n) is 16.6. The van der Waals surface area contributed by atoms with Gasteiger partial charge in [0.15, 0.2) is 0 Å². The molecule has 150 valence electrons. The predicted octanol–water partition coefficient (Wildman–Crippen LogP) is 4.00. The Hall–Kier alpha value is -3.35. The molecule has 0 bridgehead atoms. The maximum Gasteiger partial charge on any atom is 0.136 e. The summed E-state index contributed by atoms with van der Waals surface area (Å²) in [5.74, 6) is 2.95. The molecule has 1 aliphatic heterocycles. The molecule has 0 aliphatic carbocycles. The molecule has 2 aromatic carbocycles. The van der Waals surface area contributed by atoms with Crippen LogP contribution in [0.25, 0.3) is 0 Å². The molecule has 0 saturated carbocycles. The fourth-order valence-electron chi connectivity index (χ4n) is 3.47. The summed E-state index contributed by atoms with van der Waals surface area (Å²) in [7, 11) is 1.65. The summed E-state index contributed by atoms with van der Waals surface area (Å²) in [6.07, 6.45) is 0. The van der Waals surface area contributed by atoms with Gasteiger partial charge in [-0.15, -0.1) is 0 Å². The van der Waals surface area contributed by atoms with Crippen LogP contribution in [0.3, 0.4) is 0 Å². The molecule has 7 heteroatoms. The number of anilines is 4. The first-order valence-electron chi connectivity index (χ1n) is 9.63. The van der Waals surface area contributed by atoms with Gasteiger partial charge in [0.25, 0.3) is 0 Å². The van der Waals surface area contributed by atoms with Gasteiger partial charge in [0.2, 0.25) is 0 Å². The SMILES string of the molecule is COc1cccc(Nc2cc(N3CCN(c4ccc(F)cc4)CC3)nc(C)n2)c1. The van der Waals surface area contributed by atoms with Crippen molar-refractivity contribution in [2.75, 3.05) is 48.4 Å². The molecule has 1 aliphatic rings. The maximum absolute atomic E-state index is 13.2. The first-order valence-corrected chi connectivity index (χ1v) is 9.63. The molecule has 0 radical (unpaired) electrons. The lowest BCUT2D eigenvalue weighted by Gasteiger charge is -2.36. The Morgan fingerprint density at radius 3 is 2.38 bits per heavy atom. The average molecular weight is 393 g/mol. The minimum absolute atomic E-state index is 0.208. The largest absolute Gasteiger partial charge is 0.497 e. The zero-order valence-corrected chi connectivity index (χ0v) is 16.6. The first-order chi connectivity index (χ1) is 14.1. The number of halogens is 1. The highest BCUT2D eigenvalue weighted by atomic mass is 19.1. The molecule has 2 heterocycles. The molecule has 6 nitrogen and oxygen atoms in total. The molecule has 1 fully saturated rings. The van der Waals surface area contributed by atoms with Crippen molar-refractivity contribution < 1.29 is 9.13 Å². The fourth-order valence-corrected chi connectivity index (χ4v) is 3.47. The highest BCUT2D eigenvalue weighted by Gasteiger charge is 2.19. The van der Waals surface area contributed by atoms with Crippen molar-refractivity contribution in [3.8, 4) is 5.75 Å². The summed E-state index contributed by atoms with van der Waals surface area (Å²) in [4.78, 5) is 13.7. The van der Waals surface area contributed by atoms with Gasteiger partial charge in [-0.3, -0.25) is 0 Å². The summed E-state index contributed by atoms with van der Waals surface area (Å²) >= 11 is 0. The highest BCUT2D eigenvalue weighted by Crippen LogP contribution is 2.24. The number of hydrogen-bond donors (Lipinski definition) is 1. The average Bonchev–Trinajstić information content (AvgIpc) is 2.74. The van der Waals surface area contributed by atoms with E-state index in [1.54, 1.807) is 7.11 Å². The van der Waals surface area contributed by atoms with Crippen LogP contribution in [0.2, 0.25) is 0 Å². The number of aromatic nitrogens is 2. The molecule has 0 atom stereocenters. The lowest BCUT2D eigenvalue weighted by atomic mass is 10.2. The standard InChI is InChI=1S/C22H24FN5O/c1-16-24-21(26-18-4-3-5-20(14-18)29-2)15-22(25-16)28-12-10-27(11-13-28)19-8-6-17(23)7-9-19/h3-9,14-15H,10-13H2,1-2H3,(H,24,25,26). The molecule has 0 spiro atoms. The fraction of sp³-hybridized carbons (Fsp3) is 0.273. The number of nitrogens with zero attached hydrogens (tertiary/aromatic N) is 4. The van der Waals surface area contributed by atoms with Crippen LogP contribution in [-0.2, 0) is 0 Å². The summed E-state index contributed by atoms with van der Waals surface area (Å²) in [5.41, 5.74) is 1.96. The van der Waals surface area contributed by atoms with E-state index in [0.29, 0.717) is 5.82 Å². The Balaban J connectivity index is 1.46. The van der Waals surface area contributed by atoms with Crippen LogP contribution >= 0.6 is 0 Å². The van der Waals surface area contributed by atoms with E-state index in [1.807, 2.05) is 49.4 Å². The molecule has 4 rings (SSSR count). The van der Waals surface area contributed by atoms with Crippen molar-refractivity contribution in [2.45, 2.75) is 6.92 Å². The smallest absolute Gasteiger partial charge is 0.136 e. The Kier molecular flexibility index (Phi) is 5.46. The van der Waals surface area contributed by atoms with Crippen LogP contribution in [0.5, 0.6) is 5.75 Å². The number of nitrogens with one attached hydrogen (secondary N) is 1. The van der Waals surface area contributed by atoms with Crippen molar-refractivity contribution in [3.05, 3.63) is 66.2 Å². The number of ether oxygens (including phenoxy) is 1. The molecule has 1 N–H and O–H groups in total. The zero-order chi connectivity index (χ0) is 20.2. The molecule has 1 aromatic heterocycles. The molecule has 1 saturated heterocycles.